The molecule has 4 aliphatic heterocycles. The topological polar surface area (TPSA) is 379 Å². The van der Waals surface area contributed by atoms with E-state index in [0.717, 1.165) is 0 Å². The Kier molecular flexibility index (Phi) is 11.4. The van der Waals surface area contributed by atoms with Crippen LogP contribution in [0.25, 0.3) is 0 Å². The van der Waals surface area contributed by atoms with Gasteiger partial charge in [0.2, 0.25) is 5.79 Å². The fourth-order valence-electron chi connectivity index (χ4n) is 5.77. The van der Waals surface area contributed by atoms with Crippen LogP contribution in [0.5, 0.6) is 0 Å². The first-order valence-corrected chi connectivity index (χ1v) is 13.7. The van der Waals surface area contributed by atoms with Crippen LogP contribution in [0.3, 0.4) is 0 Å². The van der Waals surface area contributed by atoms with Crippen LogP contribution < -0.4 is 0 Å². The standard InChI is InChI=1S/C23H40O22/c24-1-4-6(27)7(28)12(33)20(40-4)41-15-5(2-25)44-23(39,16(36)14(15)35)22(3-26)17(9(30)11(32)19(38)45-22)42-21-13(34)8(29)10(31)18(37)43-21/h4-21,24-39H,1-3H2/t4-,5-,6?,7?,8?,9+,10?,11-,12?,13?,14+,15-,16+,17+,18?,19-,20?,21?,22-,23?/m1/s1. The summed E-state index contributed by atoms with van der Waals surface area (Å²) in [6.45, 7) is -3.69. The number of hydrogen-bond acceptors (Lipinski definition) is 22. The lowest BCUT2D eigenvalue weighted by atomic mass is 9.74. The van der Waals surface area contributed by atoms with E-state index in [1.54, 1.807) is 0 Å². The van der Waals surface area contributed by atoms with Gasteiger partial charge in [0.15, 0.2) is 30.8 Å². The van der Waals surface area contributed by atoms with E-state index < -0.39 is 142 Å². The second-order valence-electron chi connectivity index (χ2n) is 11.2. The molecular weight excluding hydrogens is 628 g/mol. The quantitative estimate of drug-likeness (QED) is 0.114. The second-order valence-corrected chi connectivity index (χ2v) is 11.2. The van der Waals surface area contributed by atoms with E-state index in [2.05, 4.69) is 0 Å². The first-order valence-electron chi connectivity index (χ1n) is 13.7. The maximum absolute atomic E-state index is 11.8. The summed E-state index contributed by atoms with van der Waals surface area (Å²) in [7, 11) is 0. The van der Waals surface area contributed by atoms with E-state index >= 15 is 0 Å². The molecule has 22 heteroatoms. The minimum atomic E-state index is -3.58. The molecule has 10 unspecified atom stereocenters. The van der Waals surface area contributed by atoms with Crippen molar-refractivity contribution in [1.82, 2.24) is 0 Å². The van der Waals surface area contributed by atoms with Crippen molar-refractivity contribution < 1.29 is 110 Å². The molecule has 0 spiro atoms. The van der Waals surface area contributed by atoms with Crippen LogP contribution >= 0.6 is 0 Å². The van der Waals surface area contributed by atoms with E-state index in [1.807, 2.05) is 0 Å². The number of aliphatic hydroxyl groups excluding tert-OH is 15. The highest BCUT2D eigenvalue weighted by atomic mass is 16.8. The molecule has 0 aliphatic carbocycles. The van der Waals surface area contributed by atoms with E-state index in [1.165, 1.54) is 0 Å². The minimum Gasteiger partial charge on any atom is -0.394 e. The summed E-state index contributed by atoms with van der Waals surface area (Å²) in [6, 6.07) is 0. The van der Waals surface area contributed by atoms with Crippen LogP contribution in [0.15, 0.2) is 0 Å². The highest BCUT2D eigenvalue weighted by Gasteiger charge is 2.73. The molecule has 4 heterocycles. The Morgan fingerprint density at radius 2 is 1.04 bits per heavy atom. The summed E-state index contributed by atoms with van der Waals surface area (Å²) in [4.78, 5) is 0. The summed E-state index contributed by atoms with van der Waals surface area (Å²) in [5.74, 6) is -3.58. The molecule has 4 saturated heterocycles. The van der Waals surface area contributed by atoms with Crippen molar-refractivity contribution in [3.63, 3.8) is 0 Å². The molecule has 4 fully saturated rings. The van der Waals surface area contributed by atoms with Gasteiger partial charge >= 0.3 is 0 Å². The predicted octanol–water partition coefficient (Wildman–Crippen LogP) is -11.1. The van der Waals surface area contributed by atoms with Crippen molar-refractivity contribution in [3.05, 3.63) is 0 Å². The average molecular weight is 669 g/mol. The highest BCUT2D eigenvalue weighted by Crippen LogP contribution is 2.47. The van der Waals surface area contributed by atoms with Gasteiger partial charge in [-0.25, -0.2) is 0 Å². The Morgan fingerprint density at radius 1 is 0.511 bits per heavy atom. The second kappa shape index (κ2) is 13.9. The lowest BCUT2D eigenvalue weighted by molar-refractivity contribution is -0.474. The van der Waals surface area contributed by atoms with Gasteiger partial charge in [0, 0.05) is 0 Å². The highest BCUT2D eigenvalue weighted by molar-refractivity contribution is 5.15. The first kappa shape index (κ1) is 36.9. The van der Waals surface area contributed by atoms with Gasteiger partial charge in [-0.3, -0.25) is 0 Å². The Hall–Kier alpha value is -0.880. The molecule has 45 heavy (non-hydrogen) atoms. The van der Waals surface area contributed by atoms with Crippen molar-refractivity contribution in [2.75, 3.05) is 19.8 Å². The van der Waals surface area contributed by atoms with Crippen LogP contribution in [0.2, 0.25) is 0 Å². The van der Waals surface area contributed by atoms with Gasteiger partial charge < -0.3 is 110 Å². The first-order chi connectivity index (χ1) is 21.0. The van der Waals surface area contributed by atoms with E-state index in [9.17, 15) is 81.7 Å². The monoisotopic (exact) mass is 668 g/mol. The van der Waals surface area contributed by atoms with Crippen LogP contribution in [-0.2, 0) is 28.4 Å². The molecule has 0 aromatic carbocycles. The Bertz CT molecular complexity index is 975. The minimum absolute atomic E-state index is 0.874. The van der Waals surface area contributed by atoms with Crippen molar-refractivity contribution >= 4 is 0 Å². The third-order valence-electron chi connectivity index (χ3n) is 8.49. The smallest absolute Gasteiger partial charge is 0.230 e. The lowest BCUT2D eigenvalue weighted by Crippen LogP contribution is -2.83. The number of hydrogen-bond donors (Lipinski definition) is 16. The molecule has 4 aliphatic rings. The van der Waals surface area contributed by atoms with Gasteiger partial charge in [0.25, 0.3) is 0 Å². The van der Waals surface area contributed by atoms with Crippen LogP contribution in [0.1, 0.15) is 0 Å². The third kappa shape index (κ3) is 6.12. The third-order valence-corrected chi connectivity index (χ3v) is 8.49. The zero-order valence-electron chi connectivity index (χ0n) is 23.1. The molecule has 16 N–H and O–H groups in total. The summed E-state index contributed by atoms with van der Waals surface area (Å²) >= 11 is 0. The summed E-state index contributed by atoms with van der Waals surface area (Å²) in [6.07, 6.45) is -39.0. The Balaban J connectivity index is 1.68. The van der Waals surface area contributed by atoms with Crippen molar-refractivity contribution in [1.29, 1.82) is 0 Å². The van der Waals surface area contributed by atoms with Gasteiger partial charge in [-0.15, -0.1) is 0 Å². The number of aliphatic hydroxyl groups is 16. The summed E-state index contributed by atoms with van der Waals surface area (Å²) in [5.41, 5.74) is -3.21. The van der Waals surface area contributed by atoms with E-state index in [0.29, 0.717) is 0 Å². The molecule has 20 atom stereocenters. The van der Waals surface area contributed by atoms with Crippen molar-refractivity contribution in [3.8, 4) is 0 Å². The number of ether oxygens (including phenoxy) is 6. The van der Waals surface area contributed by atoms with Crippen molar-refractivity contribution in [2.45, 2.75) is 122 Å². The van der Waals surface area contributed by atoms with Gasteiger partial charge in [-0.1, -0.05) is 0 Å². The normalized spacial score (nSPS) is 56.3. The Labute approximate surface area is 252 Å². The predicted molar refractivity (Wildman–Crippen MR) is 130 cm³/mol. The lowest BCUT2D eigenvalue weighted by Gasteiger charge is -2.59. The van der Waals surface area contributed by atoms with Gasteiger partial charge in [0.05, 0.1) is 19.8 Å². The molecule has 0 aromatic heterocycles. The fraction of sp³-hybridized carbons (Fsp3) is 1.00. The fourth-order valence-corrected chi connectivity index (χ4v) is 5.77. The largest absolute Gasteiger partial charge is 0.394 e. The maximum Gasteiger partial charge on any atom is 0.230 e. The van der Waals surface area contributed by atoms with Crippen LogP contribution in [0.4, 0.5) is 0 Å². The zero-order chi connectivity index (χ0) is 33.8. The van der Waals surface area contributed by atoms with Gasteiger partial charge in [-0.05, 0) is 0 Å². The molecule has 22 nitrogen and oxygen atoms in total. The zero-order valence-corrected chi connectivity index (χ0v) is 23.1. The van der Waals surface area contributed by atoms with Gasteiger partial charge in [-0.2, -0.15) is 0 Å². The van der Waals surface area contributed by atoms with Crippen molar-refractivity contribution in [2.24, 2.45) is 0 Å². The molecule has 0 aromatic rings. The Morgan fingerprint density at radius 3 is 1.60 bits per heavy atom. The van der Waals surface area contributed by atoms with Crippen LogP contribution in [-0.4, -0.2) is 224 Å². The van der Waals surface area contributed by atoms with E-state index in [4.69, 9.17) is 28.4 Å². The molecule has 0 bridgehead atoms. The van der Waals surface area contributed by atoms with Gasteiger partial charge in [0.1, 0.15) is 85.5 Å². The maximum atomic E-state index is 11.8. The van der Waals surface area contributed by atoms with Crippen LogP contribution in [0, 0.1) is 0 Å². The molecule has 0 radical (unpaired) electrons. The number of rotatable bonds is 8. The summed E-state index contributed by atoms with van der Waals surface area (Å²) < 4.78 is 31.5. The molecule has 4 rings (SSSR count). The molecule has 0 saturated carbocycles. The molecule has 0 amide bonds. The van der Waals surface area contributed by atoms with E-state index in [-0.39, 0.29) is 0 Å². The molecular formula is C23H40O22. The molecule has 264 valence electrons. The average Bonchev–Trinajstić information content (AvgIpc) is 3.02. The SMILES string of the molecule is OC[C@H]1OC(O[C@H]2[C@H](O)[C@H](O)C(O)([C@]3(CO)O[C@@H](O)[C@H](O)[C@H](O)[C@@H]3OC3OC(O)C(O)C(O)C3O)O[C@@H]2CO)C(O)C(O)C1O. The summed E-state index contributed by atoms with van der Waals surface area (Å²) in [5, 5.41) is 166.